The van der Waals surface area contributed by atoms with Gasteiger partial charge in [-0.3, -0.25) is 24.2 Å². The SMILES string of the molecule is O=C1C=C[C@]2(O1)[C@H](N1C(=O)c3ccccc3C1=O)C(=O)N2C1CCCCC1. The summed E-state index contributed by atoms with van der Waals surface area (Å²) in [7, 11) is 0. The topological polar surface area (TPSA) is 84.0 Å². The second kappa shape index (κ2) is 5.52. The lowest BCUT2D eigenvalue weighted by atomic mass is 9.82. The van der Waals surface area contributed by atoms with Gasteiger partial charge in [-0.1, -0.05) is 31.4 Å². The normalized spacial score (nSPS) is 30.1. The number of β-lactam (4-membered cyclic amide) rings is 1. The van der Waals surface area contributed by atoms with E-state index < -0.39 is 29.6 Å². The molecule has 0 unspecified atom stereocenters. The van der Waals surface area contributed by atoms with Crippen LogP contribution in [0.4, 0.5) is 0 Å². The molecule has 3 aliphatic heterocycles. The standard InChI is InChI=1S/C20H18N2O5/c23-15-10-11-20(27-15)16(19(26)22(20)12-6-2-1-3-7-12)21-17(24)13-8-4-5-9-14(13)18(21)25/h4-5,8-12,16H,1-3,6-7H2/t16-,20+/m1/s1. The molecule has 1 saturated carbocycles. The molecule has 5 rings (SSSR count). The van der Waals surface area contributed by atoms with E-state index in [-0.39, 0.29) is 23.1 Å². The number of hydrogen-bond donors (Lipinski definition) is 0. The molecule has 0 bridgehead atoms. The van der Waals surface area contributed by atoms with Gasteiger partial charge < -0.3 is 4.74 Å². The van der Waals surface area contributed by atoms with Crippen molar-refractivity contribution in [1.29, 1.82) is 0 Å². The maximum Gasteiger partial charge on any atom is 0.333 e. The Kier molecular flexibility index (Phi) is 3.32. The van der Waals surface area contributed by atoms with E-state index in [0.29, 0.717) is 0 Å². The van der Waals surface area contributed by atoms with Gasteiger partial charge in [0.1, 0.15) is 0 Å². The van der Waals surface area contributed by atoms with E-state index in [4.69, 9.17) is 4.74 Å². The largest absolute Gasteiger partial charge is 0.429 e. The van der Waals surface area contributed by atoms with E-state index in [1.807, 2.05) is 0 Å². The van der Waals surface area contributed by atoms with Crippen molar-refractivity contribution in [1.82, 2.24) is 9.80 Å². The quantitative estimate of drug-likeness (QED) is 0.451. The molecule has 2 fully saturated rings. The first-order valence-electron chi connectivity index (χ1n) is 9.27. The number of benzene rings is 1. The van der Waals surface area contributed by atoms with Crippen LogP contribution in [0.5, 0.6) is 0 Å². The molecule has 3 amide bonds. The molecule has 1 saturated heterocycles. The van der Waals surface area contributed by atoms with Crippen molar-refractivity contribution in [3.63, 3.8) is 0 Å². The molecule has 1 aliphatic carbocycles. The van der Waals surface area contributed by atoms with Gasteiger partial charge in [-0.05, 0) is 31.1 Å². The summed E-state index contributed by atoms with van der Waals surface area (Å²) in [5.74, 6) is -1.94. The molecule has 7 nitrogen and oxygen atoms in total. The number of esters is 1. The minimum Gasteiger partial charge on any atom is -0.429 e. The number of hydrogen-bond acceptors (Lipinski definition) is 5. The van der Waals surface area contributed by atoms with Crippen LogP contribution < -0.4 is 0 Å². The fourth-order valence-corrected chi connectivity index (χ4v) is 4.78. The van der Waals surface area contributed by atoms with Crippen molar-refractivity contribution < 1.29 is 23.9 Å². The summed E-state index contributed by atoms with van der Waals surface area (Å²) in [5, 5.41) is 0. The maximum absolute atomic E-state index is 13.1. The zero-order chi connectivity index (χ0) is 18.8. The number of rotatable bonds is 2. The molecule has 2 atom stereocenters. The molecular weight excluding hydrogens is 348 g/mol. The molecule has 138 valence electrons. The maximum atomic E-state index is 13.1. The highest BCUT2D eigenvalue weighted by atomic mass is 16.6. The Balaban J connectivity index is 1.54. The van der Waals surface area contributed by atoms with Crippen molar-refractivity contribution in [3.05, 3.63) is 47.5 Å². The summed E-state index contributed by atoms with van der Waals surface area (Å²) in [6.07, 6.45) is 7.57. The Bertz CT molecular complexity index is 882. The van der Waals surface area contributed by atoms with E-state index in [0.717, 1.165) is 37.0 Å². The van der Waals surface area contributed by atoms with Gasteiger partial charge in [0.2, 0.25) is 5.72 Å². The number of imide groups is 1. The number of carbonyl (C=O) groups excluding carboxylic acids is 4. The number of fused-ring (bicyclic) bond motifs is 1. The zero-order valence-corrected chi connectivity index (χ0v) is 14.6. The number of carbonyl (C=O) groups is 4. The molecule has 0 radical (unpaired) electrons. The third kappa shape index (κ3) is 2.02. The van der Waals surface area contributed by atoms with Gasteiger partial charge in [0.25, 0.3) is 17.7 Å². The molecule has 7 heteroatoms. The monoisotopic (exact) mass is 366 g/mol. The fraction of sp³-hybridized carbons (Fsp3) is 0.400. The first-order valence-corrected chi connectivity index (χ1v) is 9.27. The van der Waals surface area contributed by atoms with Crippen LogP contribution in [0.15, 0.2) is 36.4 Å². The first kappa shape index (κ1) is 16.2. The summed E-state index contributed by atoms with van der Waals surface area (Å²) >= 11 is 0. The first-order chi connectivity index (χ1) is 13.0. The van der Waals surface area contributed by atoms with E-state index in [2.05, 4.69) is 0 Å². The number of likely N-dealkylation sites (tertiary alicyclic amines) is 1. The van der Waals surface area contributed by atoms with E-state index in [1.54, 1.807) is 29.2 Å². The lowest BCUT2D eigenvalue weighted by Crippen LogP contribution is -2.81. The van der Waals surface area contributed by atoms with Crippen LogP contribution in [0, 0.1) is 0 Å². The van der Waals surface area contributed by atoms with Crippen LogP contribution in [-0.4, -0.2) is 51.3 Å². The Morgan fingerprint density at radius 2 is 1.56 bits per heavy atom. The van der Waals surface area contributed by atoms with Gasteiger partial charge in [0.15, 0.2) is 6.04 Å². The Morgan fingerprint density at radius 1 is 0.926 bits per heavy atom. The molecule has 27 heavy (non-hydrogen) atoms. The number of nitrogens with zero attached hydrogens (tertiary/aromatic N) is 2. The molecule has 3 heterocycles. The van der Waals surface area contributed by atoms with Crippen LogP contribution in [-0.2, 0) is 14.3 Å². The highest BCUT2D eigenvalue weighted by Gasteiger charge is 2.70. The van der Waals surface area contributed by atoms with Crippen molar-refractivity contribution in [2.24, 2.45) is 0 Å². The lowest BCUT2D eigenvalue weighted by molar-refractivity contribution is -0.223. The summed E-state index contributed by atoms with van der Waals surface area (Å²) in [6.45, 7) is 0. The van der Waals surface area contributed by atoms with Crippen molar-refractivity contribution in [2.45, 2.75) is 49.9 Å². The van der Waals surface area contributed by atoms with Crippen molar-refractivity contribution in [3.8, 4) is 0 Å². The second-order valence-corrected chi connectivity index (χ2v) is 7.43. The summed E-state index contributed by atoms with van der Waals surface area (Å²) in [5.41, 5.74) is -0.825. The van der Waals surface area contributed by atoms with Crippen LogP contribution in [0.25, 0.3) is 0 Å². The molecule has 0 N–H and O–H groups in total. The highest BCUT2D eigenvalue weighted by molar-refractivity contribution is 6.23. The predicted molar refractivity (Wildman–Crippen MR) is 92.4 cm³/mol. The fourth-order valence-electron chi connectivity index (χ4n) is 4.78. The minimum absolute atomic E-state index is 0.0479. The molecular formula is C20H18N2O5. The van der Waals surface area contributed by atoms with E-state index in [1.165, 1.54) is 12.2 Å². The molecule has 1 aromatic rings. The zero-order valence-electron chi connectivity index (χ0n) is 14.6. The molecule has 4 aliphatic rings. The number of ether oxygens (including phenoxy) is 1. The predicted octanol–water partition coefficient (Wildman–Crippen LogP) is 1.64. The molecule has 1 spiro atoms. The smallest absolute Gasteiger partial charge is 0.333 e. The summed E-state index contributed by atoms with van der Waals surface area (Å²) in [4.78, 5) is 53.3. The second-order valence-electron chi connectivity index (χ2n) is 7.43. The van der Waals surface area contributed by atoms with Crippen molar-refractivity contribution in [2.75, 3.05) is 0 Å². The Labute approximate surface area is 155 Å². The van der Waals surface area contributed by atoms with Gasteiger partial charge in [0.05, 0.1) is 11.1 Å². The van der Waals surface area contributed by atoms with Crippen LogP contribution in [0.3, 0.4) is 0 Å². The summed E-state index contributed by atoms with van der Waals surface area (Å²) in [6, 6.07) is 5.30. The average Bonchev–Trinajstić information content (AvgIpc) is 3.19. The van der Waals surface area contributed by atoms with Crippen LogP contribution >= 0.6 is 0 Å². The van der Waals surface area contributed by atoms with E-state index >= 15 is 0 Å². The average molecular weight is 366 g/mol. The minimum atomic E-state index is -1.37. The van der Waals surface area contributed by atoms with Gasteiger partial charge in [0, 0.05) is 12.1 Å². The lowest BCUT2D eigenvalue weighted by Gasteiger charge is -2.57. The van der Waals surface area contributed by atoms with E-state index in [9.17, 15) is 19.2 Å². The summed E-state index contributed by atoms with van der Waals surface area (Å²) < 4.78 is 5.55. The van der Waals surface area contributed by atoms with Gasteiger partial charge >= 0.3 is 5.97 Å². The Hall–Kier alpha value is -2.96. The third-order valence-corrected chi connectivity index (χ3v) is 5.99. The molecule has 0 aromatic heterocycles. The van der Waals surface area contributed by atoms with Gasteiger partial charge in [-0.25, -0.2) is 4.79 Å². The Morgan fingerprint density at radius 3 is 2.11 bits per heavy atom. The third-order valence-electron chi connectivity index (χ3n) is 5.99. The van der Waals surface area contributed by atoms with Crippen LogP contribution in [0.2, 0.25) is 0 Å². The highest BCUT2D eigenvalue weighted by Crippen LogP contribution is 2.47. The number of amides is 3. The van der Waals surface area contributed by atoms with Gasteiger partial charge in [-0.2, -0.15) is 0 Å². The molecule has 1 aromatic carbocycles. The van der Waals surface area contributed by atoms with Gasteiger partial charge in [-0.15, -0.1) is 0 Å². The van der Waals surface area contributed by atoms with Crippen molar-refractivity contribution >= 4 is 23.7 Å². The van der Waals surface area contributed by atoms with Crippen LogP contribution in [0.1, 0.15) is 52.8 Å².